The highest BCUT2D eigenvalue weighted by molar-refractivity contribution is 6.35. The third kappa shape index (κ3) is 2.32. The number of aromatic nitrogens is 2. The van der Waals surface area contributed by atoms with E-state index in [-0.39, 0.29) is 15.9 Å². The summed E-state index contributed by atoms with van der Waals surface area (Å²) < 4.78 is 4.56. The van der Waals surface area contributed by atoms with Crippen molar-refractivity contribution in [3.8, 4) is 0 Å². The lowest BCUT2D eigenvalue weighted by molar-refractivity contribution is 0.102. The van der Waals surface area contributed by atoms with Gasteiger partial charge in [-0.25, -0.2) is 4.98 Å². The van der Waals surface area contributed by atoms with Crippen LogP contribution in [0.3, 0.4) is 0 Å². The number of carbonyl (C=O) groups is 1. The van der Waals surface area contributed by atoms with Crippen molar-refractivity contribution in [2.24, 2.45) is 0 Å². The van der Waals surface area contributed by atoms with E-state index in [1.807, 2.05) is 0 Å². The monoisotopic (exact) mass is 257 g/mol. The molecule has 16 heavy (non-hydrogen) atoms. The maximum Gasteiger partial charge on any atom is 0.276 e. The summed E-state index contributed by atoms with van der Waals surface area (Å²) in [4.78, 5) is 15.5. The molecule has 0 aliphatic rings. The first-order valence-electron chi connectivity index (χ1n) is 4.19. The van der Waals surface area contributed by atoms with Gasteiger partial charge in [0, 0.05) is 0 Å². The summed E-state index contributed by atoms with van der Waals surface area (Å²) in [5, 5.41) is 6.36. The van der Waals surface area contributed by atoms with E-state index < -0.39 is 5.91 Å². The summed E-state index contributed by atoms with van der Waals surface area (Å²) in [5.74, 6) is -0.476. The normalized spacial score (nSPS) is 10.1. The highest BCUT2D eigenvalue weighted by Crippen LogP contribution is 2.18. The fourth-order valence-corrected chi connectivity index (χ4v) is 1.37. The van der Waals surface area contributed by atoms with Gasteiger partial charge >= 0.3 is 0 Å². The van der Waals surface area contributed by atoms with Crippen molar-refractivity contribution >= 4 is 34.8 Å². The van der Waals surface area contributed by atoms with Crippen LogP contribution in [-0.4, -0.2) is 16.0 Å². The van der Waals surface area contributed by atoms with E-state index in [4.69, 9.17) is 23.2 Å². The second kappa shape index (κ2) is 4.51. The molecule has 0 aromatic carbocycles. The van der Waals surface area contributed by atoms with Crippen LogP contribution in [0.15, 0.2) is 29.1 Å². The Labute approximate surface area is 100 Å². The molecule has 0 aliphatic carbocycles. The zero-order valence-electron chi connectivity index (χ0n) is 7.78. The van der Waals surface area contributed by atoms with Gasteiger partial charge in [-0.2, -0.15) is 0 Å². The molecule has 0 spiro atoms. The average Bonchev–Trinajstić information content (AvgIpc) is 2.74. The minimum atomic E-state index is -0.476. The molecule has 0 atom stereocenters. The van der Waals surface area contributed by atoms with Gasteiger partial charge in [0.15, 0.2) is 0 Å². The van der Waals surface area contributed by atoms with E-state index in [0.717, 1.165) is 0 Å². The summed E-state index contributed by atoms with van der Waals surface area (Å²) in [6.07, 6.45) is 2.65. The van der Waals surface area contributed by atoms with Crippen LogP contribution in [0.2, 0.25) is 10.2 Å². The van der Waals surface area contributed by atoms with E-state index in [2.05, 4.69) is 20.0 Å². The van der Waals surface area contributed by atoms with Crippen LogP contribution in [0.25, 0.3) is 0 Å². The molecule has 0 saturated heterocycles. The molecule has 2 heterocycles. The van der Waals surface area contributed by atoms with E-state index in [9.17, 15) is 4.79 Å². The maximum absolute atomic E-state index is 11.7. The molecule has 1 N–H and O–H groups in total. The summed E-state index contributed by atoms with van der Waals surface area (Å²) >= 11 is 11.5. The molecule has 2 rings (SSSR count). The molecule has 2 aromatic heterocycles. The second-order valence-electron chi connectivity index (χ2n) is 2.83. The van der Waals surface area contributed by atoms with Crippen LogP contribution >= 0.6 is 23.2 Å². The number of pyridine rings is 1. The predicted octanol–water partition coefficient (Wildman–Crippen LogP) is 2.63. The summed E-state index contributed by atoms with van der Waals surface area (Å²) in [6.45, 7) is 0. The van der Waals surface area contributed by atoms with Gasteiger partial charge in [0.1, 0.15) is 22.8 Å². The molecule has 0 unspecified atom stereocenters. The van der Waals surface area contributed by atoms with Gasteiger partial charge < -0.3 is 9.84 Å². The minimum absolute atomic E-state index is 0.0513. The Balaban J connectivity index is 2.24. The highest BCUT2D eigenvalue weighted by atomic mass is 35.5. The Kier molecular flexibility index (Phi) is 3.07. The lowest BCUT2D eigenvalue weighted by Crippen LogP contribution is -2.13. The summed E-state index contributed by atoms with van der Waals surface area (Å²) in [5.41, 5.74) is 0.471. The molecule has 1 amide bonds. The molecule has 0 saturated carbocycles. The number of hydrogen-bond acceptors (Lipinski definition) is 4. The number of amides is 1. The minimum Gasteiger partial charge on any atom is -0.363 e. The van der Waals surface area contributed by atoms with Crippen molar-refractivity contribution < 1.29 is 9.32 Å². The molecule has 7 heteroatoms. The van der Waals surface area contributed by atoms with Crippen molar-refractivity contribution in [3.05, 3.63) is 40.5 Å². The Morgan fingerprint density at radius 2 is 2.19 bits per heavy atom. The first-order valence-corrected chi connectivity index (χ1v) is 4.95. The number of nitrogens with zero attached hydrogens (tertiary/aromatic N) is 2. The summed E-state index contributed by atoms with van der Waals surface area (Å²) in [6, 6.07) is 3.00. The fraction of sp³-hybridized carbons (Fsp3) is 0. The van der Waals surface area contributed by atoms with Crippen LogP contribution in [0, 0.1) is 0 Å². The van der Waals surface area contributed by atoms with Crippen LogP contribution < -0.4 is 5.32 Å². The lowest BCUT2D eigenvalue weighted by Gasteiger charge is -2.03. The van der Waals surface area contributed by atoms with Crippen LogP contribution in [0.5, 0.6) is 0 Å². The van der Waals surface area contributed by atoms with Crippen LogP contribution in [-0.2, 0) is 0 Å². The first-order chi connectivity index (χ1) is 7.66. The fourth-order valence-electron chi connectivity index (χ4n) is 1.03. The number of halogens is 2. The predicted molar refractivity (Wildman–Crippen MR) is 58.7 cm³/mol. The molecule has 0 radical (unpaired) electrons. The number of anilines is 1. The smallest absolute Gasteiger partial charge is 0.276 e. The molecule has 5 nitrogen and oxygen atoms in total. The van der Waals surface area contributed by atoms with Gasteiger partial charge in [0.25, 0.3) is 5.91 Å². The molecule has 0 bridgehead atoms. The van der Waals surface area contributed by atoms with Crippen LogP contribution in [0.1, 0.15) is 10.5 Å². The number of nitrogens with one attached hydrogen (secondary N) is 1. The van der Waals surface area contributed by atoms with Crippen molar-refractivity contribution in [3.63, 3.8) is 0 Å². The number of hydrogen-bond donors (Lipinski definition) is 1. The highest BCUT2D eigenvalue weighted by Gasteiger charge is 2.13. The molecule has 2 aromatic rings. The second-order valence-corrected chi connectivity index (χ2v) is 3.63. The van der Waals surface area contributed by atoms with Gasteiger partial charge in [-0.1, -0.05) is 28.4 Å². The average molecular weight is 258 g/mol. The zero-order chi connectivity index (χ0) is 11.5. The third-order valence-corrected chi connectivity index (χ3v) is 2.23. The number of rotatable bonds is 2. The Hall–Kier alpha value is -1.59. The molecule has 82 valence electrons. The Morgan fingerprint density at radius 1 is 1.38 bits per heavy atom. The van der Waals surface area contributed by atoms with Gasteiger partial charge in [-0.15, -0.1) is 0 Å². The maximum atomic E-state index is 11.7. The molecular weight excluding hydrogens is 253 g/mol. The zero-order valence-corrected chi connectivity index (χ0v) is 9.29. The molecule has 0 fully saturated rings. The SMILES string of the molecule is O=C(Nc1cnoc1)c1nc(Cl)ccc1Cl. The molecule has 0 aliphatic heterocycles. The van der Waals surface area contributed by atoms with E-state index in [1.165, 1.54) is 24.6 Å². The van der Waals surface area contributed by atoms with E-state index in [0.29, 0.717) is 5.69 Å². The van der Waals surface area contributed by atoms with Crippen molar-refractivity contribution in [2.75, 3.05) is 5.32 Å². The largest absolute Gasteiger partial charge is 0.363 e. The van der Waals surface area contributed by atoms with E-state index in [1.54, 1.807) is 0 Å². The molecular formula is C9H5Cl2N3O2. The lowest BCUT2D eigenvalue weighted by atomic mass is 10.3. The van der Waals surface area contributed by atoms with Gasteiger partial charge in [-0.3, -0.25) is 4.79 Å². The van der Waals surface area contributed by atoms with E-state index >= 15 is 0 Å². The Bertz CT molecular complexity index is 513. The van der Waals surface area contributed by atoms with Crippen molar-refractivity contribution in [1.29, 1.82) is 0 Å². The first kappa shape index (κ1) is 10.9. The Morgan fingerprint density at radius 3 is 2.88 bits per heavy atom. The quantitative estimate of drug-likeness (QED) is 0.840. The van der Waals surface area contributed by atoms with Crippen molar-refractivity contribution in [1.82, 2.24) is 10.1 Å². The third-order valence-electron chi connectivity index (χ3n) is 1.72. The topological polar surface area (TPSA) is 68.0 Å². The van der Waals surface area contributed by atoms with Crippen LogP contribution in [0.4, 0.5) is 5.69 Å². The standard InChI is InChI=1S/C9H5Cl2N3O2/c10-6-1-2-7(11)14-8(6)9(15)13-5-3-12-16-4-5/h1-4H,(H,13,15). The summed E-state index contributed by atoms with van der Waals surface area (Å²) in [7, 11) is 0. The van der Waals surface area contributed by atoms with Gasteiger partial charge in [0.05, 0.1) is 11.2 Å². The van der Waals surface area contributed by atoms with Crippen molar-refractivity contribution in [2.45, 2.75) is 0 Å². The van der Waals surface area contributed by atoms with Gasteiger partial charge in [0.2, 0.25) is 0 Å². The number of carbonyl (C=O) groups excluding carboxylic acids is 1. The van der Waals surface area contributed by atoms with Gasteiger partial charge in [-0.05, 0) is 12.1 Å².